The summed E-state index contributed by atoms with van der Waals surface area (Å²) in [6, 6.07) is 18.5. The molecule has 2 aromatic carbocycles. The van der Waals surface area contributed by atoms with Crippen molar-refractivity contribution in [3.05, 3.63) is 65.7 Å². The first-order valence-electron chi connectivity index (χ1n) is 10.4. The number of benzene rings is 2. The van der Waals surface area contributed by atoms with Gasteiger partial charge in [-0.05, 0) is 62.5 Å². The van der Waals surface area contributed by atoms with Crippen molar-refractivity contribution in [1.82, 2.24) is 4.90 Å². The zero-order chi connectivity index (χ0) is 19.1. The molecule has 1 fully saturated rings. The summed E-state index contributed by atoms with van der Waals surface area (Å²) in [6.45, 7) is 7.88. The van der Waals surface area contributed by atoms with Crippen molar-refractivity contribution < 1.29 is 9.84 Å². The number of piperidine rings is 1. The minimum Gasteiger partial charge on any atom is -0.494 e. The molecule has 0 unspecified atom stereocenters. The van der Waals surface area contributed by atoms with Crippen molar-refractivity contribution in [2.75, 3.05) is 26.2 Å². The Kier molecular flexibility index (Phi) is 6.92. The molecule has 0 amide bonds. The first-order valence-corrected chi connectivity index (χ1v) is 10.4. The fraction of sp³-hybridized carbons (Fsp3) is 0.500. The van der Waals surface area contributed by atoms with Crippen LogP contribution in [-0.2, 0) is 5.60 Å². The predicted molar refractivity (Wildman–Crippen MR) is 111 cm³/mol. The van der Waals surface area contributed by atoms with Gasteiger partial charge in [0.05, 0.1) is 12.2 Å². The van der Waals surface area contributed by atoms with Crippen molar-refractivity contribution in [1.29, 1.82) is 0 Å². The molecule has 0 spiro atoms. The van der Waals surface area contributed by atoms with Crippen molar-refractivity contribution in [3.8, 4) is 5.75 Å². The second kappa shape index (κ2) is 9.38. The third-order valence-electron chi connectivity index (χ3n) is 5.87. The van der Waals surface area contributed by atoms with Crippen LogP contribution >= 0.6 is 0 Å². The average molecular weight is 368 g/mol. The summed E-state index contributed by atoms with van der Waals surface area (Å²) in [5, 5.41) is 11.9. The summed E-state index contributed by atoms with van der Waals surface area (Å²) in [7, 11) is 0. The number of nitrogens with zero attached hydrogens (tertiary/aromatic N) is 1. The zero-order valence-electron chi connectivity index (χ0n) is 16.7. The van der Waals surface area contributed by atoms with Gasteiger partial charge in [-0.1, -0.05) is 55.8 Å². The second-order valence-electron chi connectivity index (χ2n) is 7.56. The van der Waals surface area contributed by atoms with E-state index in [1.807, 2.05) is 37.3 Å². The highest BCUT2D eigenvalue weighted by Gasteiger charge is 2.39. The van der Waals surface area contributed by atoms with E-state index in [4.69, 9.17) is 4.74 Å². The fourth-order valence-corrected chi connectivity index (χ4v) is 4.28. The molecule has 1 heterocycles. The molecule has 0 saturated carbocycles. The van der Waals surface area contributed by atoms with E-state index in [0.717, 1.165) is 30.9 Å². The average Bonchev–Trinajstić information content (AvgIpc) is 2.73. The molecule has 1 aliphatic rings. The number of likely N-dealkylation sites (tertiary alicyclic amines) is 1. The van der Waals surface area contributed by atoms with Crippen LogP contribution in [0.1, 0.15) is 56.6 Å². The molecule has 2 aromatic rings. The van der Waals surface area contributed by atoms with Crippen LogP contribution in [0.4, 0.5) is 0 Å². The molecule has 0 bridgehead atoms. The monoisotopic (exact) mass is 367 g/mol. The zero-order valence-corrected chi connectivity index (χ0v) is 16.7. The highest BCUT2D eigenvalue weighted by molar-refractivity contribution is 5.35. The van der Waals surface area contributed by atoms with Crippen LogP contribution in [0.3, 0.4) is 0 Å². The summed E-state index contributed by atoms with van der Waals surface area (Å²) in [6.07, 6.45) is 4.52. The summed E-state index contributed by atoms with van der Waals surface area (Å²) in [5.41, 5.74) is 1.28. The molecule has 3 rings (SSSR count). The molecule has 1 N–H and O–H groups in total. The van der Waals surface area contributed by atoms with Crippen molar-refractivity contribution >= 4 is 0 Å². The van der Waals surface area contributed by atoms with Crippen molar-refractivity contribution in [2.24, 2.45) is 0 Å². The lowest BCUT2D eigenvalue weighted by Crippen LogP contribution is -2.42. The van der Waals surface area contributed by atoms with Crippen LogP contribution in [0.5, 0.6) is 5.75 Å². The first-order chi connectivity index (χ1) is 13.2. The standard InChI is InChI=1S/C24H33NO2/c1-3-24(26,21-13-15-22(16-14-21)27-4-2)23(20-11-7-5-8-12-20)19-25-17-9-6-10-18-25/h5,7-8,11-16,23,26H,3-4,6,9-10,17-19H2,1-2H3/t23-,24+/m1/s1. The van der Waals surface area contributed by atoms with Gasteiger partial charge in [-0.15, -0.1) is 0 Å². The van der Waals surface area contributed by atoms with Gasteiger partial charge in [0.15, 0.2) is 0 Å². The van der Waals surface area contributed by atoms with E-state index in [2.05, 4.69) is 36.1 Å². The molecule has 2 atom stereocenters. The van der Waals surface area contributed by atoms with E-state index in [0.29, 0.717) is 13.0 Å². The molecule has 1 aliphatic heterocycles. The molecule has 27 heavy (non-hydrogen) atoms. The highest BCUT2D eigenvalue weighted by Crippen LogP contribution is 2.41. The Balaban J connectivity index is 1.93. The lowest BCUT2D eigenvalue weighted by atomic mass is 9.75. The van der Waals surface area contributed by atoms with Crippen molar-refractivity contribution in [2.45, 2.75) is 51.0 Å². The lowest BCUT2D eigenvalue weighted by Gasteiger charge is -2.40. The topological polar surface area (TPSA) is 32.7 Å². The number of hydrogen-bond donors (Lipinski definition) is 1. The van der Waals surface area contributed by atoms with Gasteiger partial charge in [-0.2, -0.15) is 0 Å². The first kappa shape index (κ1) is 19.9. The Labute approximate surface area is 164 Å². The Morgan fingerprint density at radius 2 is 1.63 bits per heavy atom. The minimum atomic E-state index is -0.899. The van der Waals surface area contributed by atoms with Crippen LogP contribution in [0.15, 0.2) is 54.6 Å². The van der Waals surface area contributed by atoms with Crippen LogP contribution in [0.25, 0.3) is 0 Å². The molecule has 1 saturated heterocycles. The summed E-state index contributed by atoms with van der Waals surface area (Å²) in [5.74, 6) is 0.895. The Bertz CT molecular complexity index is 679. The molecule has 0 radical (unpaired) electrons. The van der Waals surface area contributed by atoms with Gasteiger partial charge in [0.1, 0.15) is 5.75 Å². The van der Waals surface area contributed by atoms with Gasteiger partial charge in [0, 0.05) is 12.5 Å². The van der Waals surface area contributed by atoms with Gasteiger partial charge < -0.3 is 14.7 Å². The summed E-state index contributed by atoms with van der Waals surface area (Å²) >= 11 is 0. The third-order valence-corrected chi connectivity index (χ3v) is 5.87. The lowest BCUT2D eigenvalue weighted by molar-refractivity contribution is -0.0105. The Hall–Kier alpha value is -1.84. The summed E-state index contributed by atoms with van der Waals surface area (Å²) < 4.78 is 5.58. The number of ether oxygens (including phenoxy) is 1. The highest BCUT2D eigenvalue weighted by atomic mass is 16.5. The van der Waals surface area contributed by atoms with E-state index >= 15 is 0 Å². The van der Waals surface area contributed by atoms with E-state index < -0.39 is 5.60 Å². The van der Waals surface area contributed by atoms with Gasteiger partial charge in [-0.3, -0.25) is 0 Å². The van der Waals surface area contributed by atoms with Crippen LogP contribution < -0.4 is 4.74 Å². The molecular weight excluding hydrogens is 334 g/mol. The van der Waals surface area contributed by atoms with Gasteiger partial charge >= 0.3 is 0 Å². The predicted octanol–water partition coefficient (Wildman–Crippen LogP) is 4.95. The minimum absolute atomic E-state index is 0.0414. The van der Waals surface area contributed by atoms with Gasteiger partial charge in [0.2, 0.25) is 0 Å². The summed E-state index contributed by atoms with van der Waals surface area (Å²) in [4.78, 5) is 2.52. The number of aliphatic hydroxyl groups is 1. The molecule has 0 aliphatic carbocycles. The maximum absolute atomic E-state index is 11.9. The fourth-order valence-electron chi connectivity index (χ4n) is 4.28. The van der Waals surface area contributed by atoms with Crippen LogP contribution in [0.2, 0.25) is 0 Å². The maximum atomic E-state index is 11.9. The van der Waals surface area contributed by atoms with Crippen LogP contribution in [-0.4, -0.2) is 36.2 Å². The molecule has 146 valence electrons. The van der Waals surface area contributed by atoms with Gasteiger partial charge in [-0.25, -0.2) is 0 Å². The number of hydrogen-bond acceptors (Lipinski definition) is 3. The van der Waals surface area contributed by atoms with E-state index in [1.54, 1.807) is 0 Å². The largest absolute Gasteiger partial charge is 0.494 e. The Morgan fingerprint density at radius 1 is 0.963 bits per heavy atom. The van der Waals surface area contributed by atoms with E-state index in [-0.39, 0.29) is 5.92 Å². The quantitative estimate of drug-likeness (QED) is 0.716. The third kappa shape index (κ3) is 4.72. The molecule has 0 aromatic heterocycles. The van der Waals surface area contributed by atoms with E-state index in [9.17, 15) is 5.11 Å². The normalized spacial score (nSPS) is 18.6. The molecular formula is C24H33NO2. The second-order valence-corrected chi connectivity index (χ2v) is 7.56. The van der Waals surface area contributed by atoms with Crippen molar-refractivity contribution in [3.63, 3.8) is 0 Å². The molecule has 3 nitrogen and oxygen atoms in total. The smallest absolute Gasteiger partial charge is 0.119 e. The SMILES string of the molecule is CCOc1ccc([C@@](O)(CC)[C@H](CN2CCCCC2)c2ccccc2)cc1. The van der Waals surface area contributed by atoms with E-state index in [1.165, 1.54) is 24.8 Å². The number of rotatable bonds is 8. The Morgan fingerprint density at radius 3 is 2.22 bits per heavy atom. The molecule has 3 heteroatoms. The maximum Gasteiger partial charge on any atom is 0.119 e. The van der Waals surface area contributed by atoms with Gasteiger partial charge in [0.25, 0.3) is 0 Å². The van der Waals surface area contributed by atoms with Crippen LogP contribution in [0, 0.1) is 0 Å².